The van der Waals surface area contributed by atoms with Crippen LogP contribution in [0.5, 0.6) is 0 Å². The lowest BCUT2D eigenvalue weighted by molar-refractivity contribution is -0.123. The maximum absolute atomic E-state index is 13.3. The minimum absolute atomic E-state index is 0.0968. The third-order valence-electron chi connectivity index (χ3n) is 5.55. The number of anilines is 1. The van der Waals surface area contributed by atoms with E-state index < -0.39 is 0 Å². The molecule has 6 nitrogen and oxygen atoms in total. The van der Waals surface area contributed by atoms with Crippen LogP contribution in [0.1, 0.15) is 50.7 Å². The number of hydrogen-bond acceptors (Lipinski definition) is 6. The highest BCUT2D eigenvalue weighted by Gasteiger charge is 2.38. The predicted octanol–water partition coefficient (Wildman–Crippen LogP) is 4.21. The van der Waals surface area contributed by atoms with Gasteiger partial charge in [0.05, 0.1) is 10.5 Å². The number of pyridine rings is 1. The van der Waals surface area contributed by atoms with E-state index >= 15 is 0 Å². The number of nitrogens with zero attached hydrogens (tertiary/aromatic N) is 3. The highest BCUT2D eigenvalue weighted by atomic mass is 32.2. The first-order valence-electron chi connectivity index (χ1n) is 10.4. The molecule has 1 N–H and O–H groups in total. The molecule has 30 heavy (non-hydrogen) atoms. The number of rotatable bonds is 5. The van der Waals surface area contributed by atoms with Gasteiger partial charge in [0.25, 0.3) is 11.5 Å². The van der Waals surface area contributed by atoms with E-state index in [1.54, 1.807) is 21.6 Å². The van der Waals surface area contributed by atoms with Gasteiger partial charge in [-0.2, -0.15) is 0 Å². The molecule has 1 saturated heterocycles. The van der Waals surface area contributed by atoms with Crippen molar-refractivity contribution in [2.24, 2.45) is 5.92 Å². The minimum Gasteiger partial charge on any atom is -0.369 e. The molecule has 0 bridgehead atoms. The number of thiocarbonyl (C=S) groups is 1. The zero-order valence-corrected chi connectivity index (χ0v) is 19.1. The zero-order valence-electron chi connectivity index (χ0n) is 17.5. The Bertz CT molecular complexity index is 1100. The van der Waals surface area contributed by atoms with Gasteiger partial charge in [0.1, 0.15) is 15.8 Å². The van der Waals surface area contributed by atoms with E-state index in [4.69, 9.17) is 17.2 Å². The molecule has 4 rings (SSSR count). The number of amides is 1. The van der Waals surface area contributed by atoms with Gasteiger partial charge in [-0.3, -0.25) is 18.9 Å². The Morgan fingerprint density at radius 1 is 1.33 bits per heavy atom. The second-order valence-electron chi connectivity index (χ2n) is 8.33. The normalized spacial score (nSPS) is 19.1. The van der Waals surface area contributed by atoms with Crippen LogP contribution in [0.4, 0.5) is 5.82 Å². The molecule has 0 radical (unpaired) electrons. The average Bonchev–Trinajstić information content (AvgIpc) is 3.31. The molecule has 0 atom stereocenters. The van der Waals surface area contributed by atoms with Crippen LogP contribution in [0, 0.1) is 12.8 Å². The van der Waals surface area contributed by atoms with Crippen molar-refractivity contribution < 1.29 is 4.79 Å². The summed E-state index contributed by atoms with van der Waals surface area (Å²) >= 11 is 6.78. The molecule has 2 aromatic heterocycles. The summed E-state index contributed by atoms with van der Waals surface area (Å²) in [4.78, 5) is 33.4. The lowest BCUT2D eigenvalue weighted by Gasteiger charge is -2.21. The Hall–Kier alpha value is -2.19. The third-order valence-corrected chi connectivity index (χ3v) is 6.88. The molecule has 2 aliphatic rings. The van der Waals surface area contributed by atoms with Crippen LogP contribution < -0.4 is 10.9 Å². The van der Waals surface area contributed by atoms with Gasteiger partial charge in [-0.15, -0.1) is 0 Å². The Labute approximate surface area is 185 Å². The smallest absolute Gasteiger partial charge is 0.267 e. The number of fused-ring (bicyclic) bond motifs is 1. The van der Waals surface area contributed by atoms with Crippen LogP contribution in [0.15, 0.2) is 28.0 Å². The lowest BCUT2D eigenvalue weighted by Crippen LogP contribution is -2.36. The molecule has 1 saturated carbocycles. The van der Waals surface area contributed by atoms with Crippen molar-refractivity contribution >= 4 is 51.7 Å². The fraction of sp³-hybridized carbons (Fsp3) is 0.455. The van der Waals surface area contributed by atoms with Crippen LogP contribution >= 0.6 is 24.0 Å². The van der Waals surface area contributed by atoms with E-state index in [0.717, 1.165) is 31.2 Å². The Morgan fingerprint density at radius 2 is 2.07 bits per heavy atom. The summed E-state index contributed by atoms with van der Waals surface area (Å²) in [6.45, 7) is 6.80. The molecule has 1 amide bonds. The van der Waals surface area contributed by atoms with Gasteiger partial charge < -0.3 is 5.32 Å². The summed E-state index contributed by atoms with van der Waals surface area (Å²) in [6.07, 6.45) is 7.60. The highest BCUT2D eigenvalue weighted by molar-refractivity contribution is 8.26. The van der Waals surface area contributed by atoms with Crippen molar-refractivity contribution in [3.05, 3.63) is 44.7 Å². The predicted molar refractivity (Wildman–Crippen MR) is 127 cm³/mol. The fourth-order valence-electron chi connectivity index (χ4n) is 3.97. The standard InChI is InChI=1S/C22H26N4O2S2/c1-13(2)12-23-18-16(20(27)25-10-6-7-14(3)19(25)24-18)11-17-21(28)26(22(29)30-17)15-8-4-5-9-15/h6-7,10-11,13,15,23H,4-5,8-9,12H2,1-3H3/b17-11+. The van der Waals surface area contributed by atoms with Gasteiger partial charge in [-0.25, -0.2) is 4.98 Å². The molecule has 8 heteroatoms. The van der Waals surface area contributed by atoms with E-state index in [1.165, 1.54) is 11.8 Å². The van der Waals surface area contributed by atoms with Crippen LogP contribution in [-0.2, 0) is 4.79 Å². The lowest BCUT2D eigenvalue weighted by atomic mass is 10.2. The number of carbonyl (C=O) groups is 1. The van der Waals surface area contributed by atoms with Gasteiger partial charge >= 0.3 is 0 Å². The quantitative estimate of drug-likeness (QED) is 0.553. The van der Waals surface area contributed by atoms with Crippen molar-refractivity contribution in [3.8, 4) is 0 Å². The second-order valence-corrected chi connectivity index (χ2v) is 10.0. The van der Waals surface area contributed by atoms with E-state index in [1.807, 2.05) is 19.1 Å². The molecule has 0 spiro atoms. The van der Waals surface area contributed by atoms with E-state index in [2.05, 4.69) is 19.2 Å². The maximum Gasteiger partial charge on any atom is 0.267 e. The second kappa shape index (κ2) is 8.51. The molecule has 1 aliphatic carbocycles. The molecule has 2 aromatic rings. The summed E-state index contributed by atoms with van der Waals surface area (Å²) in [6, 6.07) is 3.94. The third kappa shape index (κ3) is 3.90. The summed E-state index contributed by atoms with van der Waals surface area (Å²) in [7, 11) is 0. The van der Waals surface area contributed by atoms with Crippen LogP contribution in [0.3, 0.4) is 0 Å². The number of carbonyl (C=O) groups excluding carboxylic acids is 1. The van der Waals surface area contributed by atoms with Gasteiger partial charge in [0, 0.05) is 18.8 Å². The highest BCUT2D eigenvalue weighted by Crippen LogP contribution is 2.38. The number of aryl methyl sites for hydroxylation is 1. The van der Waals surface area contributed by atoms with Gasteiger partial charge in [-0.05, 0) is 43.4 Å². The van der Waals surface area contributed by atoms with Crippen LogP contribution in [0.25, 0.3) is 11.7 Å². The van der Waals surface area contributed by atoms with Crippen LogP contribution in [0.2, 0.25) is 0 Å². The Kier molecular flexibility index (Phi) is 5.97. The first-order chi connectivity index (χ1) is 14.4. The van der Waals surface area contributed by atoms with Crippen molar-refractivity contribution in [1.82, 2.24) is 14.3 Å². The molecule has 158 valence electrons. The van der Waals surface area contributed by atoms with Crippen molar-refractivity contribution in [1.29, 1.82) is 0 Å². The van der Waals surface area contributed by atoms with Gasteiger partial charge in [-0.1, -0.05) is 56.7 Å². The molecular formula is C22H26N4O2S2. The SMILES string of the molecule is Cc1cccn2c(=O)c(/C=C3/SC(=S)N(C4CCCC4)C3=O)c(NCC(C)C)nc12. The van der Waals surface area contributed by atoms with E-state index in [-0.39, 0.29) is 17.5 Å². The fourth-order valence-corrected chi connectivity index (χ4v) is 5.35. The largest absolute Gasteiger partial charge is 0.369 e. The average molecular weight is 443 g/mol. The topological polar surface area (TPSA) is 66.7 Å². The first kappa shape index (κ1) is 21.1. The number of thioether (sulfide) groups is 1. The zero-order chi connectivity index (χ0) is 21.4. The molecule has 0 unspecified atom stereocenters. The number of hydrogen-bond donors (Lipinski definition) is 1. The molecule has 2 fully saturated rings. The van der Waals surface area contributed by atoms with E-state index in [0.29, 0.717) is 38.7 Å². The van der Waals surface area contributed by atoms with Crippen molar-refractivity contribution in [2.75, 3.05) is 11.9 Å². The molecule has 3 heterocycles. The Morgan fingerprint density at radius 3 is 2.77 bits per heavy atom. The summed E-state index contributed by atoms with van der Waals surface area (Å²) < 4.78 is 2.12. The summed E-state index contributed by atoms with van der Waals surface area (Å²) in [5, 5.41) is 3.30. The minimum atomic E-state index is -0.193. The van der Waals surface area contributed by atoms with Crippen molar-refractivity contribution in [3.63, 3.8) is 0 Å². The van der Waals surface area contributed by atoms with Crippen LogP contribution in [-0.4, -0.2) is 37.1 Å². The number of nitrogens with one attached hydrogen (secondary N) is 1. The number of aromatic nitrogens is 2. The monoisotopic (exact) mass is 442 g/mol. The Balaban J connectivity index is 1.80. The van der Waals surface area contributed by atoms with E-state index in [9.17, 15) is 9.59 Å². The molecule has 0 aromatic carbocycles. The molecular weight excluding hydrogens is 416 g/mol. The summed E-state index contributed by atoms with van der Waals surface area (Å²) in [5.41, 5.74) is 1.73. The first-order valence-corrected chi connectivity index (χ1v) is 11.6. The van der Waals surface area contributed by atoms with Gasteiger partial charge in [0.2, 0.25) is 0 Å². The molecule has 1 aliphatic heterocycles. The maximum atomic E-state index is 13.3. The van der Waals surface area contributed by atoms with Gasteiger partial charge in [0.15, 0.2) is 0 Å². The van der Waals surface area contributed by atoms with Crippen molar-refractivity contribution in [2.45, 2.75) is 52.5 Å². The summed E-state index contributed by atoms with van der Waals surface area (Å²) in [5.74, 6) is 0.796.